The average molecular weight is 463 g/mol. The lowest BCUT2D eigenvalue weighted by Crippen LogP contribution is -3.13. The van der Waals surface area contributed by atoms with Crippen LogP contribution in [-0.2, 0) is 17.8 Å². The summed E-state index contributed by atoms with van der Waals surface area (Å²) >= 11 is 6.33. The van der Waals surface area contributed by atoms with Crippen molar-refractivity contribution in [2.45, 2.75) is 13.0 Å². The van der Waals surface area contributed by atoms with Gasteiger partial charge < -0.3 is 14.4 Å². The van der Waals surface area contributed by atoms with Gasteiger partial charge in [-0.15, -0.1) is 0 Å². The molecule has 0 spiro atoms. The van der Waals surface area contributed by atoms with Gasteiger partial charge in [-0.25, -0.2) is 4.99 Å². The topological polar surface area (TPSA) is 55.6 Å². The molecule has 2 heterocycles. The number of rotatable bonds is 5. The fourth-order valence-corrected chi connectivity index (χ4v) is 4.82. The molecule has 0 fully saturated rings. The Morgan fingerprint density at radius 2 is 1.73 bits per heavy atom. The molecule has 33 heavy (non-hydrogen) atoms. The number of carbonyl (C=O) groups is 1. The predicted molar refractivity (Wildman–Crippen MR) is 129 cm³/mol. The van der Waals surface area contributed by atoms with E-state index in [1.165, 1.54) is 16.0 Å². The van der Waals surface area contributed by atoms with Crippen molar-refractivity contribution in [3.05, 3.63) is 82.4 Å². The maximum absolute atomic E-state index is 13.6. The van der Waals surface area contributed by atoms with E-state index in [1.54, 1.807) is 26.4 Å². The Morgan fingerprint density at radius 1 is 1.00 bits per heavy atom. The molecule has 0 saturated carbocycles. The van der Waals surface area contributed by atoms with Crippen LogP contribution in [0.3, 0.4) is 0 Å². The molecule has 1 atom stereocenters. The van der Waals surface area contributed by atoms with Crippen molar-refractivity contribution in [1.29, 1.82) is 0 Å². The highest BCUT2D eigenvalue weighted by molar-refractivity contribution is 6.54. The summed E-state index contributed by atoms with van der Waals surface area (Å²) in [5, 5.41) is 0.407. The van der Waals surface area contributed by atoms with Gasteiger partial charge in [0.1, 0.15) is 29.4 Å². The first-order valence-corrected chi connectivity index (χ1v) is 11.3. The van der Waals surface area contributed by atoms with Gasteiger partial charge in [0.15, 0.2) is 6.67 Å². The number of nitrogens with one attached hydrogen (secondary N) is 1. The Morgan fingerprint density at radius 3 is 2.52 bits per heavy atom. The van der Waals surface area contributed by atoms with E-state index in [4.69, 9.17) is 26.1 Å². The van der Waals surface area contributed by atoms with Gasteiger partial charge in [-0.2, -0.15) is 0 Å². The largest absolute Gasteiger partial charge is 0.495 e. The molecule has 1 unspecified atom stereocenters. The summed E-state index contributed by atoms with van der Waals surface area (Å²) in [6.07, 6.45) is 1.01. The number of ether oxygens (including phenoxy) is 2. The van der Waals surface area contributed by atoms with Gasteiger partial charge in [0.05, 0.1) is 31.5 Å². The lowest BCUT2D eigenvalue weighted by atomic mass is 10.0. The Bertz CT molecular complexity index is 1260. The third-order valence-electron chi connectivity index (χ3n) is 6.27. The van der Waals surface area contributed by atoms with Crippen LogP contribution in [0.5, 0.6) is 11.5 Å². The van der Waals surface area contributed by atoms with Gasteiger partial charge in [-0.05, 0) is 17.7 Å². The number of carbonyl (C=O) groups excluding carboxylic acids is 1. The SMILES string of the molecule is COc1cc(OC)c(N=C2C(=O)N(C[NH+]3CCc4ccccc4C3)c3ccccc32)cc1Cl. The summed E-state index contributed by atoms with van der Waals surface area (Å²) in [6, 6.07) is 19.7. The molecular formula is C26H25ClN3O3+. The number of quaternary nitrogens is 1. The number of fused-ring (bicyclic) bond motifs is 2. The molecule has 0 saturated heterocycles. The van der Waals surface area contributed by atoms with Crippen LogP contribution in [0.15, 0.2) is 65.7 Å². The zero-order valence-corrected chi connectivity index (χ0v) is 19.4. The zero-order chi connectivity index (χ0) is 22.9. The smallest absolute Gasteiger partial charge is 0.281 e. The molecule has 1 amide bonds. The molecule has 2 aliphatic heterocycles. The summed E-state index contributed by atoms with van der Waals surface area (Å²) in [5.41, 5.74) is 5.33. The lowest BCUT2D eigenvalue weighted by molar-refractivity contribution is -0.914. The van der Waals surface area contributed by atoms with E-state index in [-0.39, 0.29) is 5.91 Å². The van der Waals surface area contributed by atoms with Crippen molar-refractivity contribution in [1.82, 2.24) is 0 Å². The van der Waals surface area contributed by atoms with Crippen LogP contribution in [-0.4, -0.2) is 39.1 Å². The molecule has 0 radical (unpaired) electrons. The number of hydrogen-bond acceptors (Lipinski definition) is 4. The summed E-state index contributed by atoms with van der Waals surface area (Å²) in [6.45, 7) is 2.47. The number of para-hydroxylation sites is 1. The minimum atomic E-state index is -0.114. The third kappa shape index (κ3) is 3.96. The van der Waals surface area contributed by atoms with Crippen molar-refractivity contribution >= 4 is 34.6 Å². The van der Waals surface area contributed by atoms with E-state index in [1.807, 2.05) is 29.2 Å². The van der Waals surface area contributed by atoms with Gasteiger partial charge >= 0.3 is 0 Å². The molecule has 5 rings (SSSR count). The average Bonchev–Trinajstić information content (AvgIpc) is 3.10. The quantitative estimate of drug-likeness (QED) is 0.632. The predicted octanol–water partition coefficient (Wildman–Crippen LogP) is 3.42. The van der Waals surface area contributed by atoms with Crippen molar-refractivity contribution in [2.24, 2.45) is 4.99 Å². The molecule has 3 aromatic carbocycles. The number of halogens is 1. The molecule has 1 N–H and O–H groups in total. The van der Waals surface area contributed by atoms with Crippen LogP contribution in [0.25, 0.3) is 0 Å². The second kappa shape index (κ2) is 8.89. The van der Waals surface area contributed by atoms with E-state index in [9.17, 15) is 4.79 Å². The van der Waals surface area contributed by atoms with Gasteiger partial charge in [0.2, 0.25) is 0 Å². The number of methoxy groups -OCH3 is 2. The Kier molecular flexibility index (Phi) is 5.79. The highest BCUT2D eigenvalue weighted by Gasteiger charge is 2.37. The minimum absolute atomic E-state index is 0.114. The molecule has 0 bridgehead atoms. The number of amides is 1. The van der Waals surface area contributed by atoms with Crippen LogP contribution in [0.2, 0.25) is 5.02 Å². The molecular weight excluding hydrogens is 438 g/mol. The highest BCUT2D eigenvalue weighted by atomic mass is 35.5. The van der Waals surface area contributed by atoms with Crippen LogP contribution in [0.4, 0.5) is 11.4 Å². The van der Waals surface area contributed by atoms with E-state index in [0.29, 0.717) is 34.6 Å². The van der Waals surface area contributed by atoms with E-state index in [2.05, 4.69) is 24.3 Å². The Labute approximate surface area is 198 Å². The molecule has 3 aromatic rings. The second-order valence-electron chi connectivity index (χ2n) is 8.22. The maximum Gasteiger partial charge on any atom is 0.281 e. The Hall–Kier alpha value is -3.35. The summed E-state index contributed by atoms with van der Waals surface area (Å²) in [7, 11) is 3.10. The number of aliphatic imine (C=N–C) groups is 1. The first kappa shape index (κ1) is 21.5. The van der Waals surface area contributed by atoms with E-state index in [0.717, 1.165) is 30.8 Å². The molecule has 0 aromatic heterocycles. The monoisotopic (exact) mass is 462 g/mol. The standard InChI is InChI=1S/C26H24ClN3O3/c1-32-23-14-24(33-2)21(13-20(23)27)28-25-19-9-5-6-10-22(19)30(26(25)31)16-29-12-11-17-7-3-4-8-18(17)15-29/h3-10,13-14H,11-12,15-16H2,1-2H3/p+1. The first-order valence-electron chi connectivity index (χ1n) is 10.9. The van der Waals surface area contributed by atoms with E-state index < -0.39 is 0 Å². The molecule has 2 aliphatic rings. The van der Waals surface area contributed by atoms with Crippen LogP contribution >= 0.6 is 11.6 Å². The summed E-state index contributed by atoms with van der Waals surface area (Å²) < 4.78 is 10.8. The number of hydrogen-bond donors (Lipinski definition) is 1. The molecule has 168 valence electrons. The molecule has 7 heteroatoms. The van der Waals surface area contributed by atoms with Crippen molar-refractivity contribution in [2.75, 3.05) is 32.3 Å². The highest BCUT2D eigenvalue weighted by Crippen LogP contribution is 2.39. The van der Waals surface area contributed by atoms with Crippen LogP contribution in [0.1, 0.15) is 16.7 Å². The first-order chi connectivity index (χ1) is 16.1. The van der Waals surface area contributed by atoms with Crippen molar-refractivity contribution in [3.8, 4) is 11.5 Å². The fraction of sp³-hybridized carbons (Fsp3) is 0.231. The van der Waals surface area contributed by atoms with Gasteiger partial charge in [0.25, 0.3) is 5.91 Å². The minimum Gasteiger partial charge on any atom is -0.495 e. The van der Waals surface area contributed by atoms with Gasteiger partial charge in [-0.1, -0.05) is 54.1 Å². The Balaban J connectivity index is 1.48. The van der Waals surface area contributed by atoms with E-state index >= 15 is 0 Å². The number of anilines is 1. The van der Waals surface area contributed by atoms with Crippen LogP contribution in [0, 0.1) is 0 Å². The fourth-order valence-electron chi connectivity index (χ4n) is 4.58. The summed E-state index contributed by atoms with van der Waals surface area (Å²) in [4.78, 5) is 21.5. The number of benzene rings is 3. The van der Waals surface area contributed by atoms with Crippen molar-refractivity contribution in [3.63, 3.8) is 0 Å². The maximum atomic E-state index is 13.6. The summed E-state index contributed by atoms with van der Waals surface area (Å²) in [5.74, 6) is 0.869. The lowest BCUT2D eigenvalue weighted by Gasteiger charge is -2.29. The van der Waals surface area contributed by atoms with Crippen molar-refractivity contribution < 1.29 is 19.2 Å². The number of nitrogens with zero attached hydrogens (tertiary/aromatic N) is 2. The third-order valence-corrected chi connectivity index (χ3v) is 6.57. The molecule has 0 aliphatic carbocycles. The van der Waals surface area contributed by atoms with Gasteiger partial charge in [-0.3, -0.25) is 9.69 Å². The second-order valence-corrected chi connectivity index (χ2v) is 8.63. The van der Waals surface area contributed by atoms with Gasteiger partial charge in [0, 0.05) is 23.6 Å². The zero-order valence-electron chi connectivity index (χ0n) is 18.6. The normalized spacial score (nSPS) is 18.3. The van der Waals surface area contributed by atoms with Crippen LogP contribution < -0.4 is 19.3 Å². The molecule has 6 nitrogen and oxygen atoms in total.